The lowest BCUT2D eigenvalue weighted by molar-refractivity contribution is 0.102. The molecule has 0 unspecified atom stereocenters. The summed E-state index contributed by atoms with van der Waals surface area (Å²) in [6, 6.07) is 7.84. The Morgan fingerprint density at radius 2 is 2.21 bits per heavy atom. The normalized spacial score (nSPS) is 24.2. The number of hydrogen-bond acceptors (Lipinski definition) is 5. The molecule has 1 fully saturated rings. The summed E-state index contributed by atoms with van der Waals surface area (Å²) in [5, 5.41) is 3.52. The van der Waals surface area contributed by atoms with E-state index < -0.39 is 11.4 Å². The molecule has 1 aromatic carbocycles. The summed E-state index contributed by atoms with van der Waals surface area (Å²) < 4.78 is 14.9. The van der Waals surface area contributed by atoms with Gasteiger partial charge in [0.25, 0.3) is 5.91 Å². The molecule has 146 valence electrons. The van der Waals surface area contributed by atoms with Gasteiger partial charge in [0, 0.05) is 23.2 Å². The van der Waals surface area contributed by atoms with Gasteiger partial charge in [-0.05, 0) is 49.1 Å². The highest BCUT2D eigenvalue weighted by Crippen LogP contribution is 2.50. The molecule has 2 atom stereocenters. The Bertz CT molecular complexity index is 954. The van der Waals surface area contributed by atoms with Crippen LogP contribution in [0.25, 0.3) is 0 Å². The number of halogens is 2. The number of amidine groups is 1. The van der Waals surface area contributed by atoms with Gasteiger partial charge < -0.3 is 11.1 Å². The Hall–Kier alpha value is -2.12. The molecule has 3 N–H and O–H groups in total. The van der Waals surface area contributed by atoms with E-state index >= 15 is 0 Å². The molecule has 5 nitrogen and oxygen atoms in total. The van der Waals surface area contributed by atoms with Crippen LogP contribution in [0.4, 0.5) is 10.1 Å². The molecule has 2 heterocycles. The topological polar surface area (TPSA) is 80.4 Å². The van der Waals surface area contributed by atoms with Gasteiger partial charge in [-0.1, -0.05) is 36.2 Å². The van der Waals surface area contributed by atoms with Crippen molar-refractivity contribution in [3.63, 3.8) is 0 Å². The molecule has 1 amide bonds. The largest absolute Gasteiger partial charge is 0.379 e. The van der Waals surface area contributed by atoms with Gasteiger partial charge in [0.2, 0.25) is 0 Å². The first-order valence-electron chi connectivity index (χ1n) is 9.19. The van der Waals surface area contributed by atoms with E-state index in [1.807, 2.05) is 0 Å². The van der Waals surface area contributed by atoms with Gasteiger partial charge in [-0.3, -0.25) is 9.79 Å². The van der Waals surface area contributed by atoms with Crippen LogP contribution in [-0.2, 0) is 5.54 Å². The van der Waals surface area contributed by atoms with Gasteiger partial charge in [0.1, 0.15) is 11.5 Å². The third kappa shape index (κ3) is 3.49. The van der Waals surface area contributed by atoms with E-state index in [0.717, 1.165) is 31.4 Å². The van der Waals surface area contributed by atoms with Gasteiger partial charge in [-0.25, -0.2) is 9.37 Å². The minimum absolute atomic E-state index is 0.125. The Balaban J connectivity index is 1.70. The van der Waals surface area contributed by atoms with Crippen molar-refractivity contribution in [3.05, 3.63) is 58.6 Å². The number of thioether (sulfide) groups is 1. The lowest BCUT2D eigenvalue weighted by Gasteiger charge is -2.44. The van der Waals surface area contributed by atoms with E-state index in [9.17, 15) is 9.18 Å². The Morgan fingerprint density at radius 3 is 3.04 bits per heavy atom. The number of nitrogens with one attached hydrogen (secondary N) is 1. The summed E-state index contributed by atoms with van der Waals surface area (Å²) in [5.41, 5.74) is 6.45. The van der Waals surface area contributed by atoms with Crippen molar-refractivity contribution in [1.29, 1.82) is 0 Å². The van der Waals surface area contributed by atoms with E-state index in [2.05, 4.69) is 10.3 Å². The predicted molar refractivity (Wildman–Crippen MR) is 111 cm³/mol. The standard InChI is InChI=1S/C20H20ClFN4OS/c21-15-5-3-9-24-17(15)18(27)25-13-6-7-16(22)14(10-13)20-8-2-1-4-12(20)11-28-19(23)26-20/h3,5-7,9-10,12H,1-2,4,8,11H2,(H2,23,26)(H,25,27)/t12-,20-/m0/s1. The van der Waals surface area contributed by atoms with Gasteiger partial charge in [-0.15, -0.1) is 0 Å². The lowest BCUT2D eigenvalue weighted by Crippen LogP contribution is -2.43. The highest BCUT2D eigenvalue weighted by Gasteiger charge is 2.46. The summed E-state index contributed by atoms with van der Waals surface area (Å²) in [6.07, 6.45) is 5.32. The van der Waals surface area contributed by atoms with Gasteiger partial charge >= 0.3 is 0 Å². The van der Waals surface area contributed by atoms with E-state index in [1.165, 1.54) is 30.1 Å². The smallest absolute Gasteiger partial charge is 0.275 e. The van der Waals surface area contributed by atoms with Crippen LogP contribution >= 0.6 is 23.4 Å². The maximum Gasteiger partial charge on any atom is 0.275 e. The van der Waals surface area contributed by atoms with Gasteiger partial charge in [-0.2, -0.15) is 0 Å². The van der Waals surface area contributed by atoms with Crippen molar-refractivity contribution >= 4 is 40.1 Å². The number of carbonyl (C=O) groups excluding carboxylic acids is 1. The summed E-state index contributed by atoms with van der Waals surface area (Å²) in [4.78, 5) is 21.3. The molecule has 0 spiro atoms. The number of hydrogen-bond donors (Lipinski definition) is 2. The summed E-state index contributed by atoms with van der Waals surface area (Å²) in [6.45, 7) is 0. The van der Waals surface area contributed by atoms with Crippen LogP contribution in [0.5, 0.6) is 0 Å². The van der Waals surface area contributed by atoms with Crippen molar-refractivity contribution < 1.29 is 9.18 Å². The molecule has 0 saturated heterocycles. The van der Waals surface area contributed by atoms with E-state index in [1.54, 1.807) is 18.2 Å². The van der Waals surface area contributed by atoms with Crippen LogP contribution in [0.1, 0.15) is 41.7 Å². The number of carbonyl (C=O) groups is 1. The molecular formula is C20H20ClFN4OS. The van der Waals surface area contributed by atoms with Crippen molar-refractivity contribution in [2.45, 2.75) is 31.2 Å². The fourth-order valence-corrected chi connectivity index (χ4v) is 5.35. The minimum Gasteiger partial charge on any atom is -0.379 e. The first-order chi connectivity index (χ1) is 13.5. The second kappa shape index (κ2) is 7.72. The fraction of sp³-hybridized carbons (Fsp3) is 0.350. The molecule has 2 aliphatic rings. The van der Waals surface area contributed by atoms with Crippen molar-refractivity contribution in [3.8, 4) is 0 Å². The number of benzene rings is 1. The van der Waals surface area contributed by atoms with E-state index in [0.29, 0.717) is 16.4 Å². The summed E-state index contributed by atoms with van der Waals surface area (Å²) in [5.74, 6) is 0.283. The maximum absolute atomic E-state index is 14.9. The maximum atomic E-state index is 14.9. The first kappa shape index (κ1) is 19.2. The number of rotatable bonds is 3. The number of nitrogens with two attached hydrogens (primary N) is 1. The number of anilines is 1. The monoisotopic (exact) mass is 418 g/mol. The molecule has 4 rings (SSSR count). The number of amides is 1. The molecule has 0 radical (unpaired) electrons. The second-order valence-electron chi connectivity index (χ2n) is 7.11. The molecule has 1 saturated carbocycles. The highest BCUT2D eigenvalue weighted by atomic mass is 35.5. The number of fused-ring (bicyclic) bond motifs is 1. The minimum atomic E-state index is -0.666. The molecule has 8 heteroatoms. The van der Waals surface area contributed by atoms with Crippen molar-refractivity contribution in [2.24, 2.45) is 16.6 Å². The molecular weight excluding hydrogens is 399 g/mol. The molecule has 2 aromatic rings. The molecule has 1 aliphatic heterocycles. The van der Waals surface area contributed by atoms with Gasteiger partial charge in [0.15, 0.2) is 5.17 Å². The average Bonchev–Trinajstić information content (AvgIpc) is 2.69. The number of pyridine rings is 1. The quantitative estimate of drug-likeness (QED) is 0.764. The summed E-state index contributed by atoms with van der Waals surface area (Å²) >= 11 is 7.58. The Labute approximate surface area is 172 Å². The van der Waals surface area contributed by atoms with E-state index in [-0.39, 0.29) is 22.5 Å². The average molecular weight is 419 g/mol. The van der Waals surface area contributed by atoms with Crippen LogP contribution < -0.4 is 11.1 Å². The zero-order valence-electron chi connectivity index (χ0n) is 15.1. The van der Waals surface area contributed by atoms with Gasteiger partial charge in [0.05, 0.1) is 10.6 Å². The van der Waals surface area contributed by atoms with Crippen LogP contribution in [-0.4, -0.2) is 21.8 Å². The SMILES string of the molecule is NC1=N[C@@]2(c3cc(NC(=O)c4ncccc4Cl)ccc3F)CCCC[C@H]2CS1. The Kier molecular flexibility index (Phi) is 5.29. The first-order valence-corrected chi connectivity index (χ1v) is 10.6. The number of aliphatic imine (C=N–C) groups is 1. The molecule has 28 heavy (non-hydrogen) atoms. The second-order valence-corrected chi connectivity index (χ2v) is 8.56. The molecule has 0 bridgehead atoms. The number of aromatic nitrogens is 1. The van der Waals surface area contributed by atoms with Crippen LogP contribution in [0.3, 0.4) is 0 Å². The lowest BCUT2D eigenvalue weighted by atomic mass is 9.69. The van der Waals surface area contributed by atoms with Crippen molar-refractivity contribution in [1.82, 2.24) is 4.98 Å². The summed E-state index contributed by atoms with van der Waals surface area (Å²) in [7, 11) is 0. The fourth-order valence-electron chi connectivity index (χ4n) is 4.10. The molecule has 1 aromatic heterocycles. The van der Waals surface area contributed by atoms with E-state index in [4.69, 9.17) is 22.3 Å². The zero-order chi connectivity index (χ0) is 19.7. The predicted octanol–water partition coefficient (Wildman–Crippen LogP) is 4.57. The Morgan fingerprint density at radius 1 is 1.36 bits per heavy atom. The highest BCUT2D eigenvalue weighted by molar-refractivity contribution is 8.13. The molecule has 1 aliphatic carbocycles. The third-order valence-corrected chi connectivity index (χ3v) is 6.70. The number of nitrogens with zero attached hydrogens (tertiary/aromatic N) is 2. The van der Waals surface area contributed by atoms with Crippen LogP contribution in [0.2, 0.25) is 5.02 Å². The van der Waals surface area contributed by atoms with Crippen LogP contribution in [0, 0.1) is 11.7 Å². The zero-order valence-corrected chi connectivity index (χ0v) is 16.7. The van der Waals surface area contributed by atoms with Crippen molar-refractivity contribution in [2.75, 3.05) is 11.1 Å². The third-order valence-electron chi connectivity index (χ3n) is 5.44. The van der Waals surface area contributed by atoms with Crippen LogP contribution in [0.15, 0.2) is 41.5 Å².